The molecule has 106 valence electrons. The molecule has 0 bridgehead atoms. The van der Waals surface area contributed by atoms with Crippen LogP contribution in [0.2, 0.25) is 0 Å². The fraction of sp³-hybridized carbons (Fsp3) is 0.438. The first kappa shape index (κ1) is 13.2. The summed E-state index contributed by atoms with van der Waals surface area (Å²) in [5.74, 6) is 0. The molecule has 0 radical (unpaired) electrons. The Morgan fingerprint density at radius 3 is 3.20 bits per heavy atom. The summed E-state index contributed by atoms with van der Waals surface area (Å²) < 4.78 is 2.13. The van der Waals surface area contributed by atoms with E-state index in [1.165, 1.54) is 29.7 Å². The first-order valence-electron chi connectivity index (χ1n) is 7.44. The molecule has 0 spiro atoms. The lowest BCUT2D eigenvalue weighted by Crippen LogP contribution is -2.16. The molecule has 0 saturated carbocycles. The van der Waals surface area contributed by atoms with E-state index in [2.05, 4.69) is 38.4 Å². The number of aromatic nitrogens is 2. The van der Waals surface area contributed by atoms with Crippen LogP contribution >= 0.6 is 0 Å². The van der Waals surface area contributed by atoms with Gasteiger partial charge in [0.15, 0.2) is 0 Å². The molecular weight excluding hydrogens is 248 g/mol. The predicted octanol–water partition coefficient (Wildman–Crippen LogP) is 2.42. The molecule has 2 N–H and O–H groups in total. The van der Waals surface area contributed by atoms with Crippen LogP contribution in [0.5, 0.6) is 0 Å². The molecule has 0 amide bonds. The van der Waals surface area contributed by atoms with E-state index in [-0.39, 0.29) is 0 Å². The zero-order chi connectivity index (χ0) is 13.6. The Morgan fingerprint density at radius 1 is 1.30 bits per heavy atom. The number of rotatable bonds is 7. The van der Waals surface area contributed by atoms with Gasteiger partial charge in [0.25, 0.3) is 0 Å². The Morgan fingerprint density at radius 2 is 2.30 bits per heavy atom. The smallest absolute Gasteiger partial charge is 0.0945 e. The van der Waals surface area contributed by atoms with Crippen molar-refractivity contribution in [1.82, 2.24) is 14.9 Å². The maximum absolute atomic E-state index is 4.05. The minimum absolute atomic E-state index is 0.960. The predicted molar refractivity (Wildman–Crippen MR) is 81.8 cm³/mol. The molecule has 0 aliphatic carbocycles. The number of aryl methyl sites for hydroxylation is 1. The van der Waals surface area contributed by atoms with Gasteiger partial charge in [-0.25, -0.2) is 4.98 Å². The zero-order valence-electron chi connectivity index (χ0n) is 11.8. The molecule has 1 aliphatic rings. The molecule has 20 heavy (non-hydrogen) atoms. The second-order valence-corrected chi connectivity index (χ2v) is 5.31. The Bertz CT molecular complexity index is 533. The number of hydrogen-bond donors (Lipinski definition) is 2. The number of benzene rings is 1. The minimum atomic E-state index is 0.960. The summed E-state index contributed by atoms with van der Waals surface area (Å²) in [6.07, 6.45) is 9.28. The molecule has 0 fully saturated rings. The first-order chi connectivity index (χ1) is 9.93. The summed E-state index contributed by atoms with van der Waals surface area (Å²) >= 11 is 0. The molecule has 1 aromatic carbocycles. The van der Waals surface area contributed by atoms with Crippen molar-refractivity contribution >= 4 is 5.69 Å². The van der Waals surface area contributed by atoms with Crippen molar-refractivity contribution in [2.45, 2.75) is 32.4 Å². The molecule has 4 nitrogen and oxygen atoms in total. The van der Waals surface area contributed by atoms with Crippen LogP contribution in [-0.2, 0) is 19.5 Å². The highest BCUT2D eigenvalue weighted by molar-refractivity contribution is 5.61. The highest BCUT2D eigenvalue weighted by atomic mass is 15.0. The molecule has 1 aromatic heterocycles. The second-order valence-electron chi connectivity index (χ2n) is 5.31. The normalized spacial score (nSPS) is 13.2. The Kier molecular flexibility index (Phi) is 4.33. The quantitative estimate of drug-likeness (QED) is 0.759. The lowest BCUT2D eigenvalue weighted by Gasteiger charge is -2.10. The maximum atomic E-state index is 4.05. The molecule has 4 heteroatoms. The Balaban J connectivity index is 1.37. The summed E-state index contributed by atoms with van der Waals surface area (Å²) in [5, 5.41) is 7.04. The number of para-hydroxylation sites is 1. The van der Waals surface area contributed by atoms with Gasteiger partial charge in [-0.3, -0.25) is 0 Å². The minimum Gasteiger partial charge on any atom is -0.384 e. The van der Waals surface area contributed by atoms with Gasteiger partial charge < -0.3 is 15.2 Å². The number of fused-ring (bicyclic) bond motifs is 1. The maximum Gasteiger partial charge on any atom is 0.0945 e. The van der Waals surface area contributed by atoms with Crippen LogP contribution in [0.25, 0.3) is 0 Å². The van der Waals surface area contributed by atoms with E-state index >= 15 is 0 Å². The fourth-order valence-electron chi connectivity index (χ4n) is 2.74. The number of imidazole rings is 1. The van der Waals surface area contributed by atoms with Crippen LogP contribution in [0.3, 0.4) is 0 Å². The van der Waals surface area contributed by atoms with E-state index in [1.54, 1.807) is 0 Å². The third-order valence-corrected chi connectivity index (χ3v) is 3.83. The lowest BCUT2D eigenvalue weighted by molar-refractivity contribution is 0.568. The topological polar surface area (TPSA) is 41.9 Å². The van der Waals surface area contributed by atoms with Crippen LogP contribution in [0.15, 0.2) is 36.9 Å². The van der Waals surface area contributed by atoms with Gasteiger partial charge in [0.05, 0.1) is 6.33 Å². The van der Waals surface area contributed by atoms with Gasteiger partial charge in [-0.1, -0.05) is 18.2 Å². The standard InChI is InChI=1S/C16H22N4/c1(2-10-20-11-9-18-13-20)7-17-12-15-5-3-4-14-6-8-19-16(14)15/h3-5,9,11,13,17,19H,1-2,6-8,10,12H2. The number of unbranched alkanes of at least 4 members (excludes halogenated alkanes) is 1. The molecule has 0 atom stereocenters. The van der Waals surface area contributed by atoms with Gasteiger partial charge in [0.1, 0.15) is 0 Å². The molecule has 3 rings (SSSR count). The van der Waals surface area contributed by atoms with E-state index in [4.69, 9.17) is 0 Å². The van der Waals surface area contributed by atoms with Crippen molar-refractivity contribution < 1.29 is 0 Å². The monoisotopic (exact) mass is 270 g/mol. The highest BCUT2D eigenvalue weighted by Crippen LogP contribution is 2.26. The van der Waals surface area contributed by atoms with E-state index in [0.717, 1.165) is 32.6 Å². The summed E-state index contributed by atoms with van der Waals surface area (Å²) in [4.78, 5) is 4.05. The average molecular weight is 270 g/mol. The first-order valence-corrected chi connectivity index (χ1v) is 7.44. The van der Waals surface area contributed by atoms with Crippen LogP contribution < -0.4 is 10.6 Å². The highest BCUT2D eigenvalue weighted by Gasteiger charge is 2.12. The van der Waals surface area contributed by atoms with Gasteiger partial charge in [0.2, 0.25) is 0 Å². The van der Waals surface area contributed by atoms with Crippen LogP contribution in [0.1, 0.15) is 24.0 Å². The summed E-state index contributed by atoms with van der Waals surface area (Å²) in [6.45, 7) is 4.17. The van der Waals surface area contributed by atoms with Gasteiger partial charge in [-0.05, 0) is 36.9 Å². The van der Waals surface area contributed by atoms with Crippen LogP contribution in [0.4, 0.5) is 5.69 Å². The van der Waals surface area contributed by atoms with E-state index in [0.29, 0.717) is 0 Å². The van der Waals surface area contributed by atoms with Gasteiger partial charge in [-0.15, -0.1) is 0 Å². The number of nitrogens with zero attached hydrogens (tertiary/aromatic N) is 2. The molecular formula is C16H22N4. The zero-order valence-corrected chi connectivity index (χ0v) is 11.8. The van der Waals surface area contributed by atoms with Crippen LogP contribution in [-0.4, -0.2) is 22.6 Å². The van der Waals surface area contributed by atoms with Crippen molar-refractivity contribution in [3.05, 3.63) is 48.0 Å². The Labute approximate surface area is 120 Å². The van der Waals surface area contributed by atoms with Crippen LogP contribution in [0, 0.1) is 0 Å². The largest absolute Gasteiger partial charge is 0.384 e. The van der Waals surface area contributed by atoms with Gasteiger partial charge in [0, 0.05) is 37.7 Å². The van der Waals surface area contributed by atoms with Gasteiger partial charge >= 0.3 is 0 Å². The third kappa shape index (κ3) is 3.20. The molecule has 2 heterocycles. The van der Waals surface area contributed by atoms with E-state index < -0.39 is 0 Å². The number of hydrogen-bond acceptors (Lipinski definition) is 3. The summed E-state index contributed by atoms with van der Waals surface area (Å²) in [6, 6.07) is 6.61. The third-order valence-electron chi connectivity index (χ3n) is 3.83. The molecule has 1 aliphatic heterocycles. The molecule has 0 unspecified atom stereocenters. The lowest BCUT2D eigenvalue weighted by atomic mass is 10.1. The summed E-state index contributed by atoms with van der Waals surface area (Å²) in [7, 11) is 0. The van der Waals surface area contributed by atoms with E-state index in [9.17, 15) is 0 Å². The van der Waals surface area contributed by atoms with Crippen molar-refractivity contribution in [3.63, 3.8) is 0 Å². The molecule has 0 saturated heterocycles. The summed E-state index contributed by atoms with van der Waals surface area (Å²) in [5.41, 5.74) is 4.22. The molecule has 2 aromatic rings. The number of anilines is 1. The van der Waals surface area contributed by atoms with E-state index in [1.807, 2.05) is 18.7 Å². The Hall–Kier alpha value is -1.81. The van der Waals surface area contributed by atoms with Crippen molar-refractivity contribution in [2.75, 3.05) is 18.4 Å². The number of nitrogens with one attached hydrogen (secondary N) is 2. The second kappa shape index (κ2) is 6.57. The van der Waals surface area contributed by atoms with Crippen molar-refractivity contribution in [1.29, 1.82) is 0 Å². The SMILES string of the molecule is c1cc2c(c(CNCCCCn3ccnc3)c1)NCC2. The van der Waals surface area contributed by atoms with Crippen molar-refractivity contribution in [2.24, 2.45) is 0 Å². The fourth-order valence-corrected chi connectivity index (χ4v) is 2.74. The average Bonchev–Trinajstić information content (AvgIpc) is 3.13. The van der Waals surface area contributed by atoms with Gasteiger partial charge in [-0.2, -0.15) is 0 Å². The van der Waals surface area contributed by atoms with Crippen molar-refractivity contribution in [3.8, 4) is 0 Å².